The molecule has 4 heterocycles. The molecule has 3 nitrogen and oxygen atoms in total. The third kappa shape index (κ3) is 3.01. The highest BCUT2D eigenvalue weighted by atomic mass is 15.1. The van der Waals surface area contributed by atoms with E-state index in [2.05, 4.69) is 75.0 Å². The first-order valence-electron chi connectivity index (χ1n) is 8.18. The Morgan fingerprint density at radius 1 is 0.625 bits per heavy atom. The van der Waals surface area contributed by atoms with Crippen molar-refractivity contribution in [2.45, 2.75) is 13.2 Å². The molecule has 116 valence electrons. The molecule has 0 fully saturated rings. The molecule has 0 amide bonds. The van der Waals surface area contributed by atoms with Gasteiger partial charge in [-0.05, 0) is 18.2 Å². The van der Waals surface area contributed by atoms with E-state index in [1.807, 2.05) is 36.4 Å². The number of rotatable bonds is 2. The molecule has 0 atom stereocenters. The zero-order chi connectivity index (χ0) is 16.2. The molecule has 4 aromatic rings. The highest BCUT2D eigenvalue weighted by molar-refractivity contribution is 5.80. The smallest absolute Gasteiger partial charge is 0.193 e. The second kappa shape index (κ2) is 6.59. The van der Waals surface area contributed by atoms with Gasteiger partial charge in [-0.3, -0.25) is 0 Å². The van der Waals surface area contributed by atoms with E-state index in [1.54, 1.807) is 0 Å². The van der Waals surface area contributed by atoms with E-state index in [4.69, 9.17) is 0 Å². The summed E-state index contributed by atoms with van der Waals surface area (Å²) in [5.41, 5.74) is 2.89. The summed E-state index contributed by atoms with van der Waals surface area (Å²) in [6.07, 6.45) is 10.4. The SMILES string of the molecule is c1cc2c3c(c1)ccc[n+]3C2.c1cc[n+](C[n+]2ccccc2)cc1. The Morgan fingerprint density at radius 2 is 1.25 bits per heavy atom. The first-order chi connectivity index (χ1) is 11.9. The standard InChI is InChI=1S/C11H12N2.C10H8N/c1-3-7-12(8-4-1)11-13-9-5-2-6-10-13;1-3-8-5-2-6-11-7-9(4-1)10(8)11/h1-10H,11H2;1-6H,7H2/q+2;+1. The molecule has 1 aliphatic rings. The van der Waals surface area contributed by atoms with Crippen molar-refractivity contribution in [3.05, 3.63) is 103 Å². The second-order valence-corrected chi connectivity index (χ2v) is 5.91. The molecule has 0 spiro atoms. The van der Waals surface area contributed by atoms with Crippen LogP contribution >= 0.6 is 0 Å². The third-order valence-electron chi connectivity index (χ3n) is 4.20. The van der Waals surface area contributed by atoms with Gasteiger partial charge >= 0.3 is 6.67 Å². The summed E-state index contributed by atoms with van der Waals surface area (Å²) < 4.78 is 6.53. The largest absolute Gasteiger partial charge is 0.343 e. The Bertz CT molecular complexity index is 876. The summed E-state index contributed by atoms with van der Waals surface area (Å²) in [4.78, 5) is 0. The highest BCUT2D eigenvalue weighted by Crippen LogP contribution is 2.20. The molecule has 3 aromatic heterocycles. The minimum absolute atomic E-state index is 0.863. The summed E-state index contributed by atoms with van der Waals surface area (Å²) in [6, 6.07) is 22.9. The Hall–Kier alpha value is -3.07. The maximum Gasteiger partial charge on any atom is 0.343 e. The molecule has 0 aliphatic carbocycles. The topological polar surface area (TPSA) is 11.6 Å². The number of hydrogen-bond acceptors (Lipinski definition) is 0. The van der Waals surface area contributed by atoms with Gasteiger partial charge in [0.05, 0.1) is 5.56 Å². The summed E-state index contributed by atoms with van der Waals surface area (Å²) in [7, 11) is 0. The molecule has 0 saturated carbocycles. The number of pyridine rings is 3. The maximum atomic E-state index is 2.28. The van der Waals surface area contributed by atoms with Gasteiger partial charge < -0.3 is 0 Å². The zero-order valence-electron chi connectivity index (χ0n) is 13.5. The molecule has 0 N–H and O–H groups in total. The van der Waals surface area contributed by atoms with Crippen molar-refractivity contribution in [2.75, 3.05) is 0 Å². The molecule has 0 unspecified atom stereocenters. The lowest BCUT2D eigenvalue weighted by molar-refractivity contribution is -0.913. The molecule has 1 aromatic carbocycles. The summed E-state index contributed by atoms with van der Waals surface area (Å²) >= 11 is 0. The monoisotopic (exact) mass is 314 g/mol. The fraction of sp³-hybridized carbons (Fsp3) is 0.0952. The highest BCUT2D eigenvalue weighted by Gasteiger charge is 2.23. The van der Waals surface area contributed by atoms with Crippen molar-refractivity contribution >= 4 is 10.9 Å². The van der Waals surface area contributed by atoms with Crippen molar-refractivity contribution in [2.24, 2.45) is 0 Å². The summed E-state index contributed by atoms with van der Waals surface area (Å²) in [5, 5.41) is 1.36. The van der Waals surface area contributed by atoms with Gasteiger partial charge in [0.1, 0.15) is 0 Å². The molecular formula is C21H20N3+3. The molecule has 5 rings (SSSR count). The fourth-order valence-electron chi connectivity index (χ4n) is 3.02. The molecular weight excluding hydrogens is 294 g/mol. The van der Waals surface area contributed by atoms with E-state index in [0.29, 0.717) is 0 Å². The molecule has 1 aliphatic heterocycles. The molecule has 0 saturated heterocycles. The minimum atomic E-state index is 0.863. The number of benzene rings is 1. The van der Waals surface area contributed by atoms with Crippen LogP contribution in [0.5, 0.6) is 0 Å². The van der Waals surface area contributed by atoms with Crippen molar-refractivity contribution in [1.82, 2.24) is 0 Å². The van der Waals surface area contributed by atoms with Crippen LogP contribution in [0.1, 0.15) is 5.56 Å². The predicted molar refractivity (Wildman–Crippen MR) is 91.9 cm³/mol. The Balaban J connectivity index is 0.000000123. The Kier molecular flexibility index (Phi) is 3.98. The average Bonchev–Trinajstić information content (AvgIpc) is 2.62. The van der Waals surface area contributed by atoms with Crippen LogP contribution in [0.4, 0.5) is 0 Å². The molecule has 24 heavy (non-hydrogen) atoms. The van der Waals surface area contributed by atoms with Crippen LogP contribution in [0.3, 0.4) is 0 Å². The number of hydrogen-bond donors (Lipinski definition) is 0. The van der Waals surface area contributed by atoms with Crippen LogP contribution < -0.4 is 13.7 Å². The van der Waals surface area contributed by atoms with Gasteiger partial charge in [-0.25, -0.2) is 0 Å². The summed E-state index contributed by atoms with van der Waals surface area (Å²) in [6.45, 7) is 1.95. The number of nitrogens with zero attached hydrogens (tertiary/aromatic N) is 3. The van der Waals surface area contributed by atoms with Crippen molar-refractivity contribution < 1.29 is 13.7 Å². The van der Waals surface area contributed by atoms with Crippen LogP contribution in [0.2, 0.25) is 0 Å². The first kappa shape index (κ1) is 14.5. The van der Waals surface area contributed by atoms with Crippen molar-refractivity contribution in [3.63, 3.8) is 0 Å². The van der Waals surface area contributed by atoms with E-state index in [-0.39, 0.29) is 0 Å². The first-order valence-corrected chi connectivity index (χ1v) is 8.18. The lowest BCUT2D eigenvalue weighted by Crippen LogP contribution is -2.50. The van der Waals surface area contributed by atoms with Crippen molar-refractivity contribution in [1.29, 1.82) is 0 Å². The Labute approximate surface area is 141 Å². The average molecular weight is 314 g/mol. The lowest BCUT2D eigenvalue weighted by atomic mass is 10.0. The van der Waals surface area contributed by atoms with Gasteiger partial charge in [0.25, 0.3) is 0 Å². The maximum absolute atomic E-state index is 2.28. The minimum Gasteiger partial charge on any atom is -0.193 e. The predicted octanol–water partition coefficient (Wildman–Crippen LogP) is 2.26. The zero-order valence-corrected chi connectivity index (χ0v) is 13.5. The van der Waals surface area contributed by atoms with E-state index >= 15 is 0 Å². The molecule has 0 bridgehead atoms. The number of aromatic nitrogens is 3. The van der Waals surface area contributed by atoms with Crippen LogP contribution in [0.25, 0.3) is 10.9 Å². The van der Waals surface area contributed by atoms with Gasteiger partial charge in [-0.1, -0.05) is 18.2 Å². The van der Waals surface area contributed by atoms with Gasteiger partial charge in [-0.15, -0.1) is 9.13 Å². The van der Waals surface area contributed by atoms with E-state index in [9.17, 15) is 0 Å². The fourth-order valence-corrected chi connectivity index (χ4v) is 3.02. The van der Waals surface area contributed by atoms with E-state index in [1.165, 1.54) is 16.5 Å². The van der Waals surface area contributed by atoms with E-state index < -0.39 is 0 Å². The number of para-hydroxylation sites is 1. The second-order valence-electron chi connectivity index (χ2n) is 5.91. The van der Waals surface area contributed by atoms with E-state index in [0.717, 1.165) is 13.2 Å². The van der Waals surface area contributed by atoms with Crippen molar-refractivity contribution in [3.8, 4) is 0 Å². The van der Waals surface area contributed by atoms with Gasteiger partial charge in [0.2, 0.25) is 5.52 Å². The molecule has 0 radical (unpaired) electrons. The summed E-state index contributed by atoms with van der Waals surface area (Å²) in [5.74, 6) is 0. The van der Waals surface area contributed by atoms with Crippen LogP contribution in [-0.4, -0.2) is 0 Å². The van der Waals surface area contributed by atoms with Gasteiger partial charge in [-0.2, -0.15) is 4.57 Å². The van der Waals surface area contributed by atoms with Crippen LogP contribution in [-0.2, 0) is 13.2 Å². The Morgan fingerprint density at radius 3 is 1.88 bits per heavy atom. The lowest BCUT2D eigenvalue weighted by Gasteiger charge is -2.11. The van der Waals surface area contributed by atoms with Crippen LogP contribution in [0.15, 0.2) is 97.7 Å². The quantitative estimate of drug-likeness (QED) is 0.443. The van der Waals surface area contributed by atoms with Crippen LogP contribution in [0, 0.1) is 0 Å². The third-order valence-corrected chi connectivity index (χ3v) is 4.20. The van der Waals surface area contributed by atoms with Gasteiger partial charge in [0.15, 0.2) is 37.5 Å². The normalized spacial score (nSPS) is 11.3. The molecule has 3 heteroatoms. The van der Waals surface area contributed by atoms with Gasteiger partial charge in [0, 0.05) is 35.7 Å².